The number of carbonyl (C=O) groups is 1. The number of rotatable bonds is 3. The van der Waals surface area contributed by atoms with Crippen molar-refractivity contribution in [2.45, 2.75) is 25.4 Å². The fourth-order valence-corrected chi connectivity index (χ4v) is 2.12. The average Bonchev–Trinajstić information content (AvgIpc) is 2.25. The molecule has 0 spiro atoms. The highest BCUT2D eigenvalue weighted by Crippen LogP contribution is 2.26. The number of carbonyl (C=O) groups excluding carboxylic acids is 1. The first kappa shape index (κ1) is 12.0. The molecule has 4 nitrogen and oxygen atoms in total. The van der Waals surface area contributed by atoms with Crippen LogP contribution in [0, 0.1) is 5.95 Å². The molecule has 0 unspecified atom stereocenters. The quantitative estimate of drug-likeness (QED) is 0.805. The number of aliphatic hydroxyl groups is 1. The molecule has 5 heteroatoms. The average molecular weight is 238 g/mol. The van der Waals surface area contributed by atoms with Crippen molar-refractivity contribution in [1.82, 2.24) is 9.88 Å². The molecule has 92 valence electrons. The third-order valence-electron chi connectivity index (χ3n) is 2.91. The van der Waals surface area contributed by atoms with Gasteiger partial charge in [-0.05, 0) is 18.6 Å². The zero-order valence-corrected chi connectivity index (χ0v) is 9.69. The first-order valence-electron chi connectivity index (χ1n) is 5.68. The van der Waals surface area contributed by atoms with Crippen molar-refractivity contribution in [3.8, 4) is 0 Å². The van der Waals surface area contributed by atoms with E-state index in [0.29, 0.717) is 19.5 Å². The van der Waals surface area contributed by atoms with Gasteiger partial charge in [-0.2, -0.15) is 4.39 Å². The van der Waals surface area contributed by atoms with Crippen molar-refractivity contribution < 1.29 is 14.3 Å². The number of aromatic nitrogens is 1. The molecule has 1 fully saturated rings. The Morgan fingerprint density at radius 1 is 1.59 bits per heavy atom. The monoisotopic (exact) mass is 238 g/mol. The van der Waals surface area contributed by atoms with Crippen LogP contribution in [0.25, 0.3) is 0 Å². The molecule has 0 radical (unpaired) electrons. The summed E-state index contributed by atoms with van der Waals surface area (Å²) >= 11 is 0. The van der Waals surface area contributed by atoms with Crippen LogP contribution in [0.15, 0.2) is 18.2 Å². The first-order valence-corrected chi connectivity index (χ1v) is 5.68. The molecule has 0 bridgehead atoms. The summed E-state index contributed by atoms with van der Waals surface area (Å²) in [5.41, 5.74) is -0.680. The van der Waals surface area contributed by atoms with Gasteiger partial charge < -0.3 is 10.0 Å². The van der Waals surface area contributed by atoms with Gasteiger partial charge in [-0.25, -0.2) is 4.98 Å². The van der Waals surface area contributed by atoms with E-state index in [1.54, 1.807) is 0 Å². The number of amides is 1. The first-order chi connectivity index (χ1) is 8.04. The second-order valence-corrected chi connectivity index (χ2v) is 4.48. The lowest BCUT2D eigenvalue weighted by Gasteiger charge is -2.46. The molecule has 0 aromatic carbocycles. The summed E-state index contributed by atoms with van der Waals surface area (Å²) in [6.07, 6.45) is 1.55. The SMILES string of the molecule is CCCC1(O)CN(C(=O)c2cccc(F)n2)C1. The Morgan fingerprint density at radius 3 is 2.88 bits per heavy atom. The fourth-order valence-electron chi connectivity index (χ4n) is 2.12. The van der Waals surface area contributed by atoms with Gasteiger partial charge in [-0.3, -0.25) is 4.79 Å². The van der Waals surface area contributed by atoms with E-state index in [9.17, 15) is 14.3 Å². The Hall–Kier alpha value is -1.49. The summed E-state index contributed by atoms with van der Waals surface area (Å²) in [6.45, 7) is 2.59. The Balaban J connectivity index is 2.00. The van der Waals surface area contributed by atoms with Crippen LogP contribution in [0.3, 0.4) is 0 Å². The zero-order valence-electron chi connectivity index (χ0n) is 9.69. The standard InChI is InChI=1S/C12H15FN2O2/c1-2-6-12(17)7-15(8-12)11(16)9-4-3-5-10(13)14-9/h3-5,17H,2,6-8H2,1H3. The maximum absolute atomic E-state index is 12.9. The second-order valence-electron chi connectivity index (χ2n) is 4.48. The Labute approximate surface area is 99.1 Å². The number of likely N-dealkylation sites (tertiary alicyclic amines) is 1. The molecule has 1 aromatic heterocycles. The van der Waals surface area contributed by atoms with Crippen LogP contribution in [-0.2, 0) is 0 Å². The maximum Gasteiger partial charge on any atom is 0.272 e. The normalized spacial score (nSPS) is 17.7. The summed E-state index contributed by atoms with van der Waals surface area (Å²) < 4.78 is 12.9. The maximum atomic E-state index is 12.9. The molecule has 1 amide bonds. The largest absolute Gasteiger partial charge is 0.386 e. The van der Waals surface area contributed by atoms with Crippen molar-refractivity contribution in [2.75, 3.05) is 13.1 Å². The van der Waals surface area contributed by atoms with Crippen molar-refractivity contribution in [3.63, 3.8) is 0 Å². The van der Waals surface area contributed by atoms with E-state index in [0.717, 1.165) is 6.42 Å². The van der Waals surface area contributed by atoms with E-state index in [2.05, 4.69) is 4.98 Å². The van der Waals surface area contributed by atoms with Gasteiger partial charge in [0.15, 0.2) is 0 Å². The van der Waals surface area contributed by atoms with Gasteiger partial charge in [-0.15, -0.1) is 0 Å². The topological polar surface area (TPSA) is 53.4 Å². The number of halogens is 1. The van der Waals surface area contributed by atoms with Crippen LogP contribution in [0.1, 0.15) is 30.3 Å². The van der Waals surface area contributed by atoms with E-state index in [-0.39, 0.29) is 11.6 Å². The van der Waals surface area contributed by atoms with Gasteiger partial charge >= 0.3 is 0 Å². The van der Waals surface area contributed by atoms with Crippen LogP contribution < -0.4 is 0 Å². The van der Waals surface area contributed by atoms with E-state index in [1.165, 1.54) is 23.1 Å². The van der Waals surface area contributed by atoms with Crippen molar-refractivity contribution >= 4 is 5.91 Å². The fraction of sp³-hybridized carbons (Fsp3) is 0.500. The second kappa shape index (κ2) is 4.41. The highest BCUT2D eigenvalue weighted by molar-refractivity contribution is 5.93. The highest BCUT2D eigenvalue weighted by atomic mass is 19.1. The lowest BCUT2D eigenvalue weighted by atomic mass is 9.89. The summed E-state index contributed by atoms with van der Waals surface area (Å²) in [6, 6.07) is 4.12. The van der Waals surface area contributed by atoms with Gasteiger partial charge in [-0.1, -0.05) is 19.4 Å². The summed E-state index contributed by atoms with van der Waals surface area (Å²) in [5, 5.41) is 9.94. The predicted octanol–water partition coefficient (Wildman–Crippen LogP) is 1.21. The van der Waals surface area contributed by atoms with E-state index >= 15 is 0 Å². The molecule has 2 heterocycles. The van der Waals surface area contributed by atoms with Crippen molar-refractivity contribution in [1.29, 1.82) is 0 Å². The number of β-amino-alcohol motifs (C(OH)–C–C–N with tert-alkyl or cyclic N) is 1. The molecule has 1 aliphatic heterocycles. The highest BCUT2D eigenvalue weighted by Gasteiger charge is 2.43. The number of nitrogens with zero attached hydrogens (tertiary/aromatic N) is 2. The molecular weight excluding hydrogens is 223 g/mol. The molecule has 17 heavy (non-hydrogen) atoms. The molecule has 0 saturated carbocycles. The van der Waals surface area contributed by atoms with Crippen molar-refractivity contribution in [2.24, 2.45) is 0 Å². The molecule has 0 atom stereocenters. The number of pyridine rings is 1. The van der Waals surface area contributed by atoms with Gasteiger partial charge in [0.25, 0.3) is 5.91 Å². The van der Waals surface area contributed by atoms with Gasteiger partial charge in [0.2, 0.25) is 5.95 Å². The minimum absolute atomic E-state index is 0.0866. The van der Waals surface area contributed by atoms with Crippen LogP contribution in [0.2, 0.25) is 0 Å². The molecule has 1 N–H and O–H groups in total. The minimum Gasteiger partial charge on any atom is -0.386 e. The minimum atomic E-state index is -0.766. The van der Waals surface area contributed by atoms with Crippen molar-refractivity contribution in [3.05, 3.63) is 29.8 Å². The van der Waals surface area contributed by atoms with Crippen LogP contribution in [0.4, 0.5) is 4.39 Å². The smallest absolute Gasteiger partial charge is 0.272 e. The summed E-state index contributed by atoms with van der Waals surface area (Å²) in [5.74, 6) is -0.995. The third-order valence-corrected chi connectivity index (χ3v) is 2.91. The Morgan fingerprint density at radius 2 is 2.29 bits per heavy atom. The summed E-state index contributed by atoms with van der Waals surface area (Å²) in [7, 11) is 0. The molecule has 0 aliphatic carbocycles. The lowest BCUT2D eigenvalue weighted by molar-refractivity contribution is -0.0861. The number of hydrogen-bond donors (Lipinski definition) is 1. The lowest BCUT2D eigenvalue weighted by Crippen LogP contribution is -2.63. The van der Waals surface area contributed by atoms with E-state index in [1.807, 2.05) is 6.92 Å². The van der Waals surface area contributed by atoms with E-state index in [4.69, 9.17) is 0 Å². The van der Waals surface area contributed by atoms with Crippen LogP contribution in [0.5, 0.6) is 0 Å². The Kier molecular flexibility index (Phi) is 3.11. The Bertz CT molecular complexity index is 430. The number of hydrogen-bond acceptors (Lipinski definition) is 3. The predicted molar refractivity (Wildman–Crippen MR) is 60.0 cm³/mol. The van der Waals surface area contributed by atoms with Crippen LogP contribution >= 0.6 is 0 Å². The van der Waals surface area contributed by atoms with E-state index < -0.39 is 11.5 Å². The third kappa shape index (κ3) is 2.44. The van der Waals surface area contributed by atoms with Gasteiger partial charge in [0.05, 0.1) is 18.7 Å². The van der Waals surface area contributed by atoms with Crippen LogP contribution in [-0.4, -0.2) is 39.6 Å². The summed E-state index contributed by atoms with van der Waals surface area (Å²) in [4.78, 5) is 16.9. The molecular formula is C12H15FN2O2. The zero-order chi connectivity index (χ0) is 12.5. The molecule has 2 rings (SSSR count). The van der Waals surface area contributed by atoms with Gasteiger partial charge in [0, 0.05) is 0 Å². The molecule has 1 saturated heterocycles. The molecule has 1 aromatic rings. The molecule has 1 aliphatic rings. The van der Waals surface area contributed by atoms with Gasteiger partial charge in [0.1, 0.15) is 5.69 Å².